The maximum Gasteiger partial charge on any atom is 0.234 e. The average molecular weight is 288 g/mol. The number of carbonyl (C=O) groups is 1. The van der Waals surface area contributed by atoms with E-state index >= 15 is 0 Å². The van der Waals surface area contributed by atoms with Gasteiger partial charge in [-0.2, -0.15) is 0 Å². The Balaban J connectivity index is 2.45. The molecule has 0 radical (unpaired) electrons. The van der Waals surface area contributed by atoms with Gasteiger partial charge in [0.2, 0.25) is 5.91 Å². The van der Waals surface area contributed by atoms with Gasteiger partial charge in [-0.05, 0) is 31.5 Å². The van der Waals surface area contributed by atoms with Crippen molar-refractivity contribution in [2.75, 3.05) is 12.3 Å². The lowest BCUT2D eigenvalue weighted by atomic mass is 10.2. The SMILES string of the molecule is CCCNC(CCSc1ccc(F)cc1F)C(N)=O. The summed E-state index contributed by atoms with van der Waals surface area (Å²) >= 11 is 1.25. The van der Waals surface area contributed by atoms with Gasteiger partial charge in [0, 0.05) is 16.7 Å². The maximum absolute atomic E-state index is 13.4. The van der Waals surface area contributed by atoms with Crippen molar-refractivity contribution in [3.63, 3.8) is 0 Å². The van der Waals surface area contributed by atoms with Gasteiger partial charge in [0.1, 0.15) is 11.6 Å². The van der Waals surface area contributed by atoms with Crippen LogP contribution in [0.4, 0.5) is 8.78 Å². The summed E-state index contributed by atoms with van der Waals surface area (Å²) in [4.78, 5) is 11.6. The Kier molecular flexibility index (Phi) is 6.80. The Morgan fingerprint density at radius 2 is 2.21 bits per heavy atom. The van der Waals surface area contributed by atoms with Gasteiger partial charge in [0.15, 0.2) is 0 Å². The highest BCUT2D eigenvalue weighted by Crippen LogP contribution is 2.23. The predicted octanol–water partition coefficient (Wildman–Crippen LogP) is 2.30. The van der Waals surface area contributed by atoms with Crippen LogP contribution >= 0.6 is 11.8 Å². The number of hydrogen-bond acceptors (Lipinski definition) is 3. The molecule has 0 aliphatic carbocycles. The minimum atomic E-state index is -0.596. The van der Waals surface area contributed by atoms with E-state index in [1.807, 2.05) is 6.92 Å². The lowest BCUT2D eigenvalue weighted by Gasteiger charge is -2.14. The zero-order chi connectivity index (χ0) is 14.3. The van der Waals surface area contributed by atoms with Crippen LogP contribution in [0.25, 0.3) is 0 Å². The molecule has 0 heterocycles. The Labute approximate surface area is 115 Å². The van der Waals surface area contributed by atoms with E-state index in [9.17, 15) is 13.6 Å². The monoisotopic (exact) mass is 288 g/mol. The topological polar surface area (TPSA) is 55.1 Å². The molecule has 3 nitrogen and oxygen atoms in total. The van der Waals surface area contributed by atoms with E-state index in [2.05, 4.69) is 5.32 Å². The predicted molar refractivity (Wildman–Crippen MR) is 73.0 cm³/mol. The number of amides is 1. The Morgan fingerprint density at radius 1 is 1.47 bits per heavy atom. The molecule has 1 amide bonds. The third-order valence-corrected chi connectivity index (χ3v) is 3.62. The van der Waals surface area contributed by atoms with Crippen LogP contribution in [0.15, 0.2) is 23.1 Å². The maximum atomic E-state index is 13.4. The number of nitrogens with one attached hydrogen (secondary N) is 1. The molecule has 1 aromatic carbocycles. The Hall–Kier alpha value is -1.14. The quantitative estimate of drug-likeness (QED) is 0.722. The van der Waals surface area contributed by atoms with Gasteiger partial charge in [-0.15, -0.1) is 11.8 Å². The zero-order valence-corrected chi connectivity index (χ0v) is 11.6. The summed E-state index contributed by atoms with van der Waals surface area (Å²) < 4.78 is 26.1. The number of rotatable bonds is 8. The standard InChI is InChI=1S/C13H18F2N2OS/c1-2-6-17-11(13(16)18)5-7-19-12-4-3-9(14)8-10(12)15/h3-4,8,11,17H,2,5-7H2,1H3,(H2,16,18). The third kappa shape index (κ3) is 5.57. The average Bonchev–Trinajstić information content (AvgIpc) is 2.35. The van der Waals surface area contributed by atoms with Crippen molar-refractivity contribution in [1.82, 2.24) is 5.32 Å². The van der Waals surface area contributed by atoms with Crippen LogP contribution in [0.3, 0.4) is 0 Å². The van der Waals surface area contributed by atoms with E-state index in [1.54, 1.807) is 0 Å². The molecule has 0 spiro atoms. The van der Waals surface area contributed by atoms with E-state index in [1.165, 1.54) is 23.9 Å². The number of benzene rings is 1. The summed E-state index contributed by atoms with van der Waals surface area (Å²) in [6.07, 6.45) is 1.42. The second kappa shape index (κ2) is 8.12. The van der Waals surface area contributed by atoms with Gasteiger partial charge in [-0.1, -0.05) is 6.92 Å². The molecule has 0 fully saturated rings. The number of nitrogens with two attached hydrogens (primary N) is 1. The molecule has 1 unspecified atom stereocenters. The lowest BCUT2D eigenvalue weighted by molar-refractivity contribution is -0.120. The molecule has 0 aliphatic heterocycles. The Bertz CT molecular complexity index is 429. The summed E-state index contributed by atoms with van der Waals surface area (Å²) in [6, 6.07) is 3.06. The lowest BCUT2D eigenvalue weighted by Crippen LogP contribution is -2.41. The van der Waals surface area contributed by atoms with Crippen LogP contribution in [0.5, 0.6) is 0 Å². The first kappa shape index (κ1) is 15.9. The van der Waals surface area contributed by atoms with Gasteiger partial charge in [-0.25, -0.2) is 8.78 Å². The molecule has 1 aromatic rings. The minimum absolute atomic E-state index is 0.375. The highest BCUT2D eigenvalue weighted by atomic mass is 32.2. The molecule has 0 aliphatic rings. The summed E-state index contributed by atoms with van der Waals surface area (Å²) in [7, 11) is 0. The van der Waals surface area contributed by atoms with Crippen LogP contribution in [0, 0.1) is 11.6 Å². The van der Waals surface area contributed by atoms with Gasteiger partial charge >= 0.3 is 0 Å². The second-order valence-electron chi connectivity index (χ2n) is 4.12. The number of hydrogen-bond donors (Lipinski definition) is 2. The van der Waals surface area contributed by atoms with Crippen LogP contribution in [-0.4, -0.2) is 24.2 Å². The second-order valence-corrected chi connectivity index (χ2v) is 5.26. The summed E-state index contributed by atoms with van der Waals surface area (Å²) in [6.45, 7) is 2.71. The smallest absolute Gasteiger partial charge is 0.234 e. The fraction of sp³-hybridized carbons (Fsp3) is 0.462. The fourth-order valence-electron chi connectivity index (χ4n) is 1.54. The van der Waals surface area contributed by atoms with Crippen molar-refractivity contribution in [3.05, 3.63) is 29.8 Å². The molecule has 0 aromatic heterocycles. The van der Waals surface area contributed by atoms with Crippen molar-refractivity contribution >= 4 is 17.7 Å². The first-order valence-corrected chi connectivity index (χ1v) is 7.13. The van der Waals surface area contributed by atoms with Gasteiger partial charge in [0.25, 0.3) is 0 Å². The molecular formula is C13H18F2N2OS. The molecule has 3 N–H and O–H groups in total. The van der Waals surface area contributed by atoms with Crippen molar-refractivity contribution in [2.24, 2.45) is 5.73 Å². The van der Waals surface area contributed by atoms with Crippen molar-refractivity contribution < 1.29 is 13.6 Å². The van der Waals surface area contributed by atoms with E-state index in [0.29, 0.717) is 23.6 Å². The molecule has 6 heteroatoms. The number of primary amides is 1. The van der Waals surface area contributed by atoms with Crippen LogP contribution in [0.2, 0.25) is 0 Å². The van der Waals surface area contributed by atoms with Crippen LogP contribution < -0.4 is 11.1 Å². The minimum Gasteiger partial charge on any atom is -0.368 e. The van der Waals surface area contributed by atoms with Gasteiger partial charge < -0.3 is 11.1 Å². The molecule has 0 saturated heterocycles. The largest absolute Gasteiger partial charge is 0.368 e. The van der Waals surface area contributed by atoms with E-state index in [-0.39, 0.29) is 0 Å². The highest BCUT2D eigenvalue weighted by molar-refractivity contribution is 7.99. The fourth-order valence-corrected chi connectivity index (χ4v) is 2.48. The Morgan fingerprint density at radius 3 is 2.79 bits per heavy atom. The van der Waals surface area contributed by atoms with Crippen molar-refractivity contribution in [1.29, 1.82) is 0 Å². The van der Waals surface area contributed by atoms with Gasteiger partial charge in [0.05, 0.1) is 6.04 Å². The molecule has 1 atom stereocenters. The molecule has 19 heavy (non-hydrogen) atoms. The van der Waals surface area contributed by atoms with Crippen molar-refractivity contribution in [2.45, 2.75) is 30.7 Å². The molecule has 1 rings (SSSR count). The number of carbonyl (C=O) groups excluding carboxylic acids is 1. The summed E-state index contributed by atoms with van der Waals surface area (Å²) in [5, 5.41) is 3.04. The normalized spacial score (nSPS) is 12.4. The molecular weight excluding hydrogens is 270 g/mol. The first-order valence-electron chi connectivity index (χ1n) is 6.15. The summed E-state index contributed by atoms with van der Waals surface area (Å²) in [5.74, 6) is -1.05. The van der Waals surface area contributed by atoms with E-state index in [0.717, 1.165) is 12.5 Å². The summed E-state index contributed by atoms with van der Waals surface area (Å²) in [5.41, 5.74) is 5.27. The zero-order valence-electron chi connectivity index (χ0n) is 10.8. The van der Waals surface area contributed by atoms with Crippen molar-refractivity contribution in [3.8, 4) is 0 Å². The molecule has 0 saturated carbocycles. The number of halogens is 2. The van der Waals surface area contributed by atoms with Crippen LogP contribution in [0.1, 0.15) is 19.8 Å². The van der Waals surface area contributed by atoms with E-state index in [4.69, 9.17) is 5.73 Å². The third-order valence-electron chi connectivity index (χ3n) is 2.54. The number of thioether (sulfide) groups is 1. The van der Waals surface area contributed by atoms with E-state index < -0.39 is 23.6 Å². The molecule has 0 bridgehead atoms. The van der Waals surface area contributed by atoms with Crippen LogP contribution in [-0.2, 0) is 4.79 Å². The van der Waals surface area contributed by atoms with Gasteiger partial charge in [-0.3, -0.25) is 4.79 Å². The first-order chi connectivity index (χ1) is 9.04. The molecule has 106 valence electrons. The highest BCUT2D eigenvalue weighted by Gasteiger charge is 2.14.